The van der Waals surface area contributed by atoms with Crippen LogP contribution in [-0.4, -0.2) is 35.2 Å². The molecule has 3 aromatic rings. The van der Waals surface area contributed by atoms with Crippen LogP contribution in [0.4, 0.5) is 0 Å². The lowest BCUT2D eigenvalue weighted by atomic mass is 9.94. The van der Waals surface area contributed by atoms with Crippen molar-refractivity contribution in [2.24, 2.45) is 0 Å². The number of hydrogen-bond donors (Lipinski definition) is 2. The number of nitrogens with one attached hydrogen (secondary N) is 1. The molecule has 1 aliphatic rings. The van der Waals surface area contributed by atoms with E-state index in [0.29, 0.717) is 5.75 Å². The maximum atomic E-state index is 10.0. The molecule has 1 aliphatic heterocycles. The van der Waals surface area contributed by atoms with E-state index < -0.39 is 0 Å². The molecule has 0 radical (unpaired) electrons. The van der Waals surface area contributed by atoms with Gasteiger partial charge in [0.25, 0.3) is 0 Å². The molecular formula is C21H24N2O2. The normalized spacial score (nSPS) is 16.8. The summed E-state index contributed by atoms with van der Waals surface area (Å²) in [7, 11) is 1.70. The van der Waals surface area contributed by atoms with E-state index in [1.807, 2.05) is 18.2 Å². The molecule has 1 aromatic heterocycles. The Balaban J connectivity index is 1.85. The zero-order valence-electron chi connectivity index (χ0n) is 14.5. The van der Waals surface area contributed by atoms with Gasteiger partial charge in [0.15, 0.2) is 0 Å². The summed E-state index contributed by atoms with van der Waals surface area (Å²) in [5.74, 6) is 1.18. The van der Waals surface area contributed by atoms with Gasteiger partial charge in [-0.05, 0) is 67.4 Å². The number of aromatic amines is 1. The van der Waals surface area contributed by atoms with Gasteiger partial charge < -0.3 is 14.8 Å². The Hall–Kier alpha value is -2.46. The minimum atomic E-state index is 0.133. The zero-order valence-corrected chi connectivity index (χ0v) is 14.5. The summed E-state index contributed by atoms with van der Waals surface area (Å²) >= 11 is 0. The first-order valence-corrected chi connectivity index (χ1v) is 8.94. The van der Waals surface area contributed by atoms with Crippen LogP contribution < -0.4 is 4.74 Å². The molecule has 2 aromatic carbocycles. The molecule has 1 saturated heterocycles. The van der Waals surface area contributed by atoms with Gasteiger partial charge in [0.05, 0.1) is 13.2 Å². The van der Waals surface area contributed by atoms with Crippen LogP contribution in [0.3, 0.4) is 0 Å². The lowest BCUT2D eigenvalue weighted by molar-refractivity contribution is 0.188. The van der Waals surface area contributed by atoms with Crippen LogP contribution >= 0.6 is 0 Å². The number of rotatable bonds is 4. The number of ether oxygens (including phenoxy) is 1. The van der Waals surface area contributed by atoms with Crippen molar-refractivity contribution in [2.75, 3.05) is 20.2 Å². The van der Waals surface area contributed by atoms with Crippen molar-refractivity contribution in [3.63, 3.8) is 0 Å². The minimum Gasteiger partial charge on any atom is -0.508 e. The predicted molar refractivity (Wildman–Crippen MR) is 100 cm³/mol. The fourth-order valence-corrected chi connectivity index (χ4v) is 3.93. The van der Waals surface area contributed by atoms with Crippen molar-refractivity contribution < 1.29 is 9.84 Å². The van der Waals surface area contributed by atoms with E-state index in [9.17, 15) is 5.11 Å². The molecule has 1 fully saturated rings. The molecular weight excluding hydrogens is 312 g/mol. The van der Waals surface area contributed by atoms with Crippen LogP contribution in [0.2, 0.25) is 0 Å². The monoisotopic (exact) mass is 336 g/mol. The molecule has 4 rings (SSSR count). The molecule has 0 amide bonds. The number of fused-ring (bicyclic) bond motifs is 1. The number of methoxy groups -OCH3 is 1. The zero-order chi connectivity index (χ0) is 17.2. The van der Waals surface area contributed by atoms with E-state index in [1.54, 1.807) is 13.2 Å². The number of piperidine rings is 1. The van der Waals surface area contributed by atoms with E-state index >= 15 is 0 Å². The quantitative estimate of drug-likeness (QED) is 0.739. The third kappa shape index (κ3) is 3.10. The number of hydrogen-bond acceptors (Lipinski definition) is 3. The van der Waals surface area contributed by atoms with Gasteiger partial charge in [-0.1, -0.05) is 18.6 Å². The van der Waals surface area contributed by atoms with E-state index in [0.717, 1.165) is 29.9 Å². The average Bonchev–Trinajstić information content (AvgIpc) is 3.06. The van der Waals surface area contributed by atoms with Crippen molar-refractivity contribution in [3.05, 3.63) is 59.8 Å². The number of H-pyrrole nitrogens is 1. The highest BCUT2D eigenvalue weighted by molar-refractivity contribution is 5.85. The first-order valence-electron chi connectivity index (χ1n) is 8.94. The second-order valence-electron chi connectivity index (χ2n) is 6.75. The maximum Gasteiger partial charge on any atom is 0.119 e. The third-order valence-corrected chi connectivity index (χ3v) is 5.16. The second kappa shape index (κ2) is 6.81. The first kappa shape index (κ1) is 16.0. The Kier molecular flexibility index (Phi) is 4.36. The lowest BCUT2D eigenvalue weighted by Gasteiger charge is -2.35. The highest BCUT2D eigenvalue weighted by atomic mass is 16.5. The van der Waals surface area contributed by atoms with Crippen LogP contribution in [0, 0.1) is 0 Å². The molecule has 0 aliphatic carbocycles. The van der Waals surface area contributed by atoms with Crippen LogP contribution in [0.5, 0.6) is 11.5 Å². The van der Waals surface area contributed by atoms with Gasteiger partial charge in [-0.2, -0.15) is 0 Å². The summed E-state index contributed by atoms with van der Waals surface area (Å²) in [4.78, 5) is 5.93. The van der Waals surface area contributed by atoms with E-state index in [2.05, 4.69) is 34.3 Å². The van der Waals surface area contributed by atoms with Crippen molar-refractivity contribution >= 4 is 10.9 Å². The Morgan fingerprint density at radius 3 is 2.68 bits per heavy atom. The van der Waals surface area contributed by atoms with Gasteiger partial charge in [0.1, 0.15) is 11.5 Å². The average molecular weight is 336 g/mol. The number of nitrogens with zero attached hydrogens (tertiary/aromatic N) is 1. The number of phenolic OH excluding ortho intramolecular Hbond substituents is 1. The minimum absolute atomic E-state index is 0.133. The topological polar surface area (TPSA) is 48.5 Å². The molecule has 25 heavy (non-hydrogen) atoms. The Bertz CT molecular complexity index is 865. The smallest absolute Gasteiger partial charge is 0.119 e. The van der Waals surface area contributed by atoms with Crippen molar-refractivity contribution in [3.8, 4) is 11.5 Å². The molecule has 130 valence electrons. The maximum absolute atomic E-state index is 10.0. The molecule has 2 N–H and O–H groups in total. The molecule has 2 heterocycles. The number of aromatic nitrogens is 1. The van der Waals surface area contributed by atoms with Gasteiger partial charge in [-0.15, -0.1) is 0 Å². The standard InChI is InChI=1S/C21H24N2O2/c1-25-17-8-9-20-18(13-17)19(14-22-20)21(23-10-3-2-4-11-23)15-6-5-7-16(24)12-15/h5-9,12-14,21-22,24H,2-4,10-11H2,1H3. The molecule has 0 bridgehead atoms. The number of likely N-dealkylation sites (tertiary alicyclic amines) is 1. The Morgan fingerprint density at radius 2 is 1.92 bits per heavy atom. The highest BCUT2D eigenvalue weighted by Gasteiger charge is 2.26. The van der Waals surface area contributed by atoms with Gasteiger partial charge in [0.2, 0.25) is 0 Å². The third-order valence-electron chi connectivity index (χ3n) is 5.16. The van der Waals surface area contributed by atoms with Crippen molar-refractivity contribution in [1.82, 2.24) is 9.88 Å². The summed E-state index contributed by atoms with van der Waals surface area (Å²) in [6, 6.07) is 13.9. The van der Waals surface area contributed by atoms with Gasteiger partial charge in [-0.25, -0.2) is 0 Å². The van der Waals surface area contributed by atoms with Crippen LogP contribution in [-0.2, 0) is 0 Å². The number of phenols is 1. The van der Waals surface area contributed by atoms with Crippen molar-refractivity contribution in [1.29, 1.82) is 0 Å². The summed E-state index contributed by atoms with van der Waals surface area (Å²) in [6.07, 6.45) is 5.85. The molecule has 4 heteroatoms. The predicted octanol–water partition coefficient (Wildman–Crippen LogP) is 4.46. The summed E-state index contributed by atoms with van der Waals surface area (Å²) < 4.78 is 5.43. The van der Waals surface area contributed by atoms with E-state index in [1.165, 1.54) is 30.2 Å². The summed E-state index contributed by atoms with van der Waals surface area (Å²) in [5.41, 5.74) is 3.48. The number of benzene rings is 2. The first-order chi connectivity index (χ1) is 12.3. The summed E-state index contributed by atoms with van der Waals surface area (Å²) in [6.45, 7) is 2.16. The van der Waals surface area contributed by atoms with Crippen LogP contribution in [0.1, 0.15) is 36.4 Å². The van der Waals surface area contributed by atoms with Gasteiger partial charge in [0, 0.05) is 17.1 Å². The lowest BCUT2D eigenvalue weighted by Crippen LogP contribution is -2.34. The molecule has 4 nitrogen and oxygen atoms in total. The van der Waals surface area contributed by atoms with Gasteiger partial charge >= 0.3 is 0 Å². The van der Waals surface area contributed by atoms with Crippen LogP contribution in [0.25, 0.3) is 10.9 Å². The Morgan fingerprint density at radius 1 is 1.08 bits per heavy atom. The molecule has 0 spiro atoms. The largest absolute Gasteiger partial charge is 0.508 e. The highest BCUT2D eigenvalue weighted by Crippen LogP contribution is 2.37. The Labute approximate surface area is 148 Å². The van der Waals surface area contributed by atoms with E-state index in [-0.39, 0.29) is 6.04 Å². The van der Waals surface area contributed by atoms with Crippen molar-refractivity contribution in [2.45, 2.75) is 25.3 Å². The molecule has 1 atom stereocenters. The fourth-order valence-electron chi connectivity index (χ4n) is 3.93. The fraction of sp³-hybridized carbons (Fsp3) is 0.333. The van der Waals surface area contributed by atoms with Gasteiger partial charge in [-0.3, -0.25) is 4.90 Å². The SMILES string of the molecule is COc1ccc2[nH]cc(C(c3cccc(O)c3)N3CCCCC3)c2c1. The molecule has 0 saturated carbocycles. The summed E-state index contributed by atoms with van der Waals surface area (Å²) in [5, 5.41) is 11.2. The number of aromatic hydroxyl groups is 1. The second-order valence-corrected chi connectivity index (χ2v) is 6.75. The molecule has 1 unspecified atom stereocenters. The van der Waals surface area contributed by atoms with Crippen LogP contribution in [0.15, 0.2) is 48.7 Å². The van der Waals surface area contributed by atoms with E-state index in [4.69, 9.17) is 4.74 Å².